The zero-order valence-electron chi connectivity index (χ0n) is 34.8. The van der Waals surface area contributed by atoms with Crippen molar-refractivity contribution in [3.05, 3.63) is 149 Å². The van der Waals surface area contributed by atoms with Crippen LogP contribution in [0, 0.1) is 13.8 Å². The third-order valence-electron chi connectivity index (χ3n) is 8.56. The molecule has 23 heteroatoms. The summed E-state index contributed by atoms with van der Waals surface area (Å²) in [7, 11) is 0. The largest absolute Gasteiger partial charge is 1.00 e. The molecule has 6 aromatic rings. The van der Waals surface area contributed by atoms with Gasteiger partial charge in [0.1, 0.15) is 40.5 Å². The zero-order chi connectivity index (χ0) is 47.3. The molecular weight excluding hydrogens is 1010 g/mol. The molecular formula is C43H41F6IN12O3S. The van der Waals surface area contributed by atoms with Crippen LogP contribution in [0.2, 0.25) is 0 Å². The maximum atomic E-state index is 12.9. The van der Waals surface area contributed by atoms with Crippen molar-refractivity contribution >= 4 is 53.1 Å². The number of hydrazine groups is 1. The Labute approximate surface area is 396 Å². The highest BCUT2D eigenvalue weighted by atomic mass is 127. The van der Waals surface area contributed by atoms with Crippen molar-refractivity contribution in [1.82, 2.24) is 25.4 Å². The second kappa shape index (κ2) is 23.4. The molecule has 0 radical (unpaired) electrons. The number of hydrogen-bond donors (Lipinski definition) is 7. The molecule has 10 N–H and O–H groups in total. The number of nitrogens with zero attached hydrogens (tertiary/aromatic N) is 6. The Bertz CT molecular complexity index is 2660. The van der Waals surface area contributed by atoms with E-state index in [1.807, 2.05) is 17.6 Å². The van der Waals surface area contributed by atoms with E-state index in [0.29, 0.717) is 87.7 Å². The molecule has 0 atom stereocenters. The Hall–Kier alpha value is -6.86. The molecule has 3 heterocycles. The third kappa shape index (κ3) is 16.0. The number of benzene rings is 4. The van der Waals surface area contributed by atoms with Gasteiger partial charge in [-0.3, -0.25) is 16.0 Å². The predicted molar refractivity (Wildman–Crippen MR) is 236 cm³/mol. The van der Waals surface area contributed by atoms with Crippen LogP contribution in [0.25, 0.3) is 0 Å². The number of thiol groups is 1. The molecule has 1 aliphatic heterocycles. The van der Waals surface area contributed by atoms with Crippen LogP contribution in [0.1, 0.15) is 50.7 Å². The Kier molecular flexibility index (Phi) is 18.3. The van der Waals surface area contributed by atoms with Gasteiger partial charge in [0.15, 0.2) is 0 Å². The number of anilines is 2. The Morgan fingerprint density at radius 2 is 1.24 bits per heavy atom. The quantitative estimate of drug-likeness (QED) is 0.0153. The van der Waals surface area contributed by atoms with Gasteiger partial charge in [-0.15, -0.1) is 0 Å². The van der Waals surface area contributed by atoms with Crippen molar-refractivity contribution < 1.29 is 69.6 Å². The van der Waals surface area contributed by atoms with Crippen LogP contribution in [0.5, 0.6) is 23.3 Å². The summed E-state index contributed by atoms with van der Waals surface area (Å²) in [6.45, 7) is 3.44. The lowest BCUT2D eigenvalue weighted by atomic mass is 10.00. The highest BCUT2D eigenvalue weighted by Crippen LogP contribution is 2.31. The zero-order valence-corrected chi connectivity index (χ0v) is 37.9. The highest BCUT2D eigenvalue weighted by Gasteiger charge is 2.31. The molecule has 66 heavy (non-hydrogen) atoms. The summed E-state index contributed by atoms with van der Waals surface area (Å²) < 4.78 is 86.8. The number of aromatic nitrogens is 4. The van der Waals surface area contributed by atoms with E-state index in [2.05, 4.69) is 47.8 Å². The fraction of sp³-hybridized carbons (Fsp3) is 0.163. The fourth-order valence-electron chi connectivity index (χ4n) is 5.69. The molecule has 15 nitrogen and oxygen atoms in total. The molecule has 4 aromatic carbocycles. The molecule has 2 aromatic heterocycles. The van der Waals surface area contributed by atoms with Crippen LogP contribution in [0.4, 0.5) is 43.7 Å². The number of amidine groups is 1. The van der Waals surface area contributed by atoms with E-state index in [0.717, 1.165) is 35.5 Å². The minimum atomic E-state index is -4.37. The van der Waals surface area contributed by atoms with Crippen molar-refractivity contribution in [1.29, 1.82) is 0 Å². The number of carbonyl (C=O) groups excluding carboxylic acids is 1. The van der Waals surface area contributed by atoms with Gasteiger partial charge in [0.05, 0.1) is 28.3 Å². The average Bonchev–Trinajstić information content (AvgIpc) is 3.71. The lowest BCUT2D eigenvalue weighted by Gasteiger charge is -2.09. The first-order valence-corrected chi connectivity index (χ1v) is 19.7. The van der Waals surface area contributed by atoms with E-state index in [4.69, 9.17) is 32.5 Å². The summed E-state index contributed by atoms with van der Waals surface area (Å²) in [5.74, 6) is 8.73. The van der Waals surface area contributed by atoms with Gasteiger partial charge in [-0.1, -0.05) is 24.3 Å². The first-order valence-electron chi connectivity index (χ1n) is 19.0. The number of nitrogen functional groups attached to an aromatic ring is 3. The lowest BCUT2D eigenvalue weighted by molar-refractivity contribution is -0.355. The van der Waals surface area contributed by atoms with Crippen molar-refractivity contribution in [2.75, 3.05) is 17.2 Å². The van der Waals surface area contributed by atoms with Crippen molar-refractivity contribution in [3.8, 4) is 23.3 Å². The third-order valence-corrected chi connectivity index (χ3v) is 8.90. The topological polar surface area (TPSA) is 242 Å². The number of amides is 1. The van der Waals surface area contributed by atoms with Crippen LogP contribution < -0.4 is 66.9 Å². The maximum absolute atomic E-state index is 12.9. The van der Waals surface area contributed by atoms with E-state index in [9.17, 15) is 31.1 Å². The van der Waals surface area contributed by atoms with E-state index in [1.54, 1.807) is 56.3 Å². The van der Waals surface area contributed by atoms with E-state index in [-0.39, 0.29) is 35.6 Å². The number of nitrogens with two attached hydrogens (primary N) is 4. The van der Waals surface area contributed by atoms with Crippen LogP contribution in [0.3, 0.4) is 0 Å². The fourth-order valence-corrected chi connectivity index (χ4v) is 5.77. The first kappa shape index (κ1) is 51.8. The SMILES string of the molecule is Cc1nc(N)cc(Oc2ccc(C(=O)NN)cc2)n1.Cc1nc(N)cc(Oc2ccc(C3=NN=C(Cc4cccc(C(F)(F)F)c4)C3)cc2)n1.NC(CS)=[NH+]c1cccc(C(F)(F)F)c1.[I-]. The number of rotatable bonds is 10. The van der Waals surface area contributed by atoms with Gasteiger partial charge >= 0.3 is 12.4 Å². The molecule has 346 valence electrons. The second-order valence-corrected chi connectivity index (χ2v) is 14.1. The molecule has 1 amide bonds. The maximum Gasteiger partial charge on any atom is 0.416 e. The number of nitrogens with one attached hydrogen (secondary N) is 2. The van der Waals surface area contributed by atoms with Gasteiger partial charge in [-0.05, 0) is 97.8 Å². The first-order chi connectivity index (χ1) is 30.8. The minimum Gasteiger partial charge on any atom is -1.00 e. The number of alkyl halides is 6. The summed E-state index contributed by atoms with van der Waals surface area (Å²) in [5.41, 5.74) is 21.0. The summed E-state index contributed by atoms with van der Waals surface area (Å²) in [5, 5.41) is 8.35. The average molecular weight is 1050 g/mol. The molecule has 0 aliphatic carbocycles. The predicted octanol–water partition coefficient (Wildman–Crippen LogP) is 3.44. The summed E-state index contributed by atoms with van der Waals surface area (Å²) in [6, 6.07) is 26.8. The molecule has 0 bridgehead atoms. The van der Waals surface area contributed by atoms with E-state index in [1.165, 1.54) is 30.3 Å². The number of ether oxygens (including phenoxy) is 2. The molecule has 0 unspecified atom stereocenters. The Balaban J connectivity index is 0.000000233. The molecule has 1 aliphatic rings. The standard InChI is InChI=1S/C22H18F3N5O.C12H13N5O2.C9H9F3N2S.HI/c1-13-27-20(26)12-21(28-13)31-18-7-5-15(6-8-18)19-11-17(29-30-19)10-14-3-2-4-16(9-14)22(23,24)25;1-7-15-10(13)6-11(16-7)19-9-4-2-8(3-5-9)12(18)17-14;10-9(11,12)6-2-1-3-7(4-6)14-8(13)5-15;/h2-9,12H,10-11H2,1H3,(H2,26,27,28);2-6H,14H2,1H3,(H,17,18)(H2,13,15,16);1-4,15H,5H2,(H2,13,14);1H. The van der Waals surface area contributed by atoms with Gasteiger partial charge in [0.25, 0.3) is 11.7 Å². The van der Waals surface area contributed by atoms with Crippen molar-refractivity contribution in [2.45, 2.75) is 39.0 Å². The van der Waals surface area contributed by atoms with Gasteiger partial charge in [-0.2, -0.15) is 59.1 Å². The molecule has 0 fully saturated rings. The van der Waals surface area contributed by atoms with E-state index >= 15 is 0 Å². The summed E-state index contributed by atoms with van der Waals surface area (Å²) in [6.07, 6.45) is -7.92. The number of halogens is 7. The van der Waals surface area contributed by atoms with Crippen LogP contribution >= 0.6 is 12.6 Å². The number of hydrogen-bond acceptors (Lipinski definition) is 13. The Morgan fingerprint density at radius 3 is 1.74 bits per heavy atom. The van der Waals surface area contributed by atoms with Crippen LogP contribution in [-0.4, -0.2) is 48.9 Å². The van der Waals surface area contributed by atoms with Crippen molar-refractivity contribution in [2.24, 2.45) is 21.8 Å². The Morgan fingerprint density at radius 1 is 0.727 bits per heavy atom. The minimum absolute atomic E-state index is 0. The van der Waals surface area contributed by atoms with Gasteiger partial charge in [0.2, 0.25) is 11.8 Å². The summed E-state index contributed by atoms with van der Waals surface area (Å²) in [4.78, 5) is 30.1. The van der Waals surface area contributed by atoms with Crippen LogP contribution in [0.15, 0.2) is 119 Å². The normalized spacial score (nSPS) is 12.2. The monoisotopic (exact) mass is 1050 g/mol. The molecule has 0 saturated heterocycles. The number of carbonyl (C=O) groups is 1. The van der Waals surface area contributed by atoms with Gasteiger partial charge in [0, 0.05) is 30.5 Å². The smallest absolute Gasteiger partial charge is 0.416 e. The molecule has 0 spiro atoms. The number of aryl methyl sites for hydroxylation is 2. The van der Waals surface area contributed by atoms with Gasteiger partial charge < -0.3 is 44.9 Å². The highest BCUT2D eigenvalue weighted by molar-refractivity contribution is 7.81. The second-order valence-electron chi connectivity index (χ2n) is 13.7. The molecule has 0 saturated carbocycles. The molecule has 7 rings (SSSR count). The van der Waals surface area contributed by atoms with Crippen LogP contribution in [-0.2, 0) is 18.8 Å². The van der Waals surface area contributed by atoms with Crippen molar-refractivity contribution in [3.63, 3.8) is 0 Å². The van der Waals surface area contributed by atoms with Gasteiger partial charge in [-0.25, -0.2) is 20.8 Å². The van der Waals surface area contributed by atoms with E-state index < -0.39 is 23.5 Å². The lowest BCUT2D eigenvalue weighted by Crippen LogP contribution is -3.00. The summed E-state index contributed by atoms with van der Waals surface area (Å²) >= 11 is 3.88.